The Labute approximate surface area is 182 Å². The van der Waals surface area contributed by atoms with Gasteiger partial charge >= 0.3 is 0 Å². The van der Waals surface area contributed by atoms with Crippen molar-refractivity contribution in [3.63, 3.8) is 0 Å². The third kappa shape index (κ3) is 3.67. The second kappa shape index (κ2) is 8.25. The number of para-hydroxylation sites is 2. The quantitative estimate of drug-likeness (QED) is 0.179. The van der Waals surface area contributed by atoms with E-state index in [4.69, 9.17) is 12.2 Å². The number of thiocarbonyl (C=S) groups is 1. The van der Waals surface area contributed by atoms with Crippen LogP contribution in [-0.2, 0) is 11.3 Å². The fourth-order valence-electron chi connectivity index (χ4n) is 3.45. The van der Waals surface area contributed by atoms with Gasteiger partial charge in [-0.25, -0.2) is 0 Å². The van der Waals surface area contributed by atoms with Crippen LogP contribution in [0.2, 0.25) is 0 Å². The zero-order valence-corrected chi connectivity index (χ0v) is 17.5. The summed E-state index contributed by atoms with van der Waals surface area (Å²) in [5.41, 5.74) is 2.50. The third-order valence-electron chi connectivity index (χ3n) is 4.82. The third-order valence-corrected chi connectivity index (χ3v) is 6.20. The second-order valence-electron chi connectivity index (χ2n) is 6.70. The largest absolute Gasteiger partial charge is 0.342 e. The molecule has 0 N–H and O–H groups in total. The van der Waals surface area contributed by atoms with E-state index in [0.29, 0.717) is 27.9 Å². The lowest BCUT2D eigenvalue weighted by Crippen LogP contribution is -2.27. The molecule has 0 unspecified atom stereocenters. The number of carbonyl (C=O) groups is 1. The van der Waals surface area contributed by atoms with Crippen LogP contribution in [0.25, 0.3) is 17.0 Å². The Morgan fingerprint density at radius 1 is 1.17 bits per heavy atom. The molecule has 0 saturated carbocycles. The molecule has 8 heteroatoms. The number of nitro groups is 1. The Balaban J connectivity index is 1.76. The minimum atomic E-state index is -0.368. The molecular formula is C22H17N3O3S2. The molecule has 1 saturated heterocycles. The highest BCUT2D eigenvalue weighted by atomic mass is 32.2. The molecule has 0 atom stereocenters. The molecule has 1 aliphatic heterocycles. The lowest BCUT2D eigenvalue weighted by molar-refractivity contribution is -0.385. The summed E-state index contributed by atoms with van der Waals surface area (Å²) in [7, 11) is 0. The molecule has 0 bridgehead atoms. The maximum atomic E-state index is 12.7. The van der Waals surface area contributed by atoms with E-state index in [1.54, 1.807) is 24.3 Å². The summed E-state index contributed by atoms with van der Waals surface area (Å²) in [6, 6.07) is 14.5. The van der Waals surface area contributed by atoms with Gasteiger partial charge in [0, 0.05) is 40.8 Å². The van der Waals surface area contributed by atoms with Gasteiger partial charge in [0.05, 0.1) is 16.4 Å². The lowest BCUT2D eigenvalue weighted by atomic mass is 10.1. The van der Waals surface area contributed by atoms with Crippen molar-refractivity contribution in [2.45, 2.75) is 6.54 Å². The van der Waals surface area contributed by atoms with Gasteiger partial charge in [0.2, 0.25) is 0 Å². The number of thioether (sulfide) groups is 1. The van der Waals surface area contributed by atoms with E-state index < -0.39 is 0 Å². The number of hydrogen-bond donors (Lipinski definition) is 0. The van der Waals surface area contributed by atoms with Gasteiger partial charge in [0.15, 0.2) is 0 Å². The monoisotopic (exact) mass is 435 g/mol. The highest BCUT2D eigenvalue weighted by molar-refractivity contribution is 8.26. The fourth-order valence-corrected chi connectivity index (χ4v) is 4.72. The van der Waals surface area contributed by atoms with Gasteiger partial charge in [-0.1, -0.05) is 66.5 Å². The summed E-state index contributed by atoms with van der Waals surface area (Å²) in [5, 5.41) is 12.3. The van der Waals surface area contributed by atoms with Crippen LogP contribution in [0.3, 0.4) is 0 Å². The predicted molar refractivity (Wildman–Crippen MR) is 124 cm³/mol. The van der Waals surface area contributed by atoms with E-state index in [2.05, 4.69) is 6.58 Å². The van der Waals surface area contributed by atoms with Crippen molar-refractivity contribution < 1.29 is 9.72 Å². The zero-order chi connectivity index (χ0) is 21.3. The van der Waals surface area contributed by atoms with Crippen LogP contribution < -0.4 is 0 Å². The SMILES string of the molecule is C=CCN1C(=O)/C(=C/c2cn(Cc3ccccc3[N+](=O)[O-])c3ccccc23)SC1=S. The molecule has 6 nitrogen and oxygen atoms in total. The van der Waals surface area contributed by atoms with Gasteiger partial charge < -0.3 is 4.57 Å². The van der Waals surface area contributed by atoms with Crippen molar-refractivity contribution >= 4 is 56.9 Å². The smallest absolute Gasteiger partial charge is 0.274 e. The second-order valence-corrected chi connectivity index (χ2v) is 8.37. The van der Waals surface area contributed by atoms with E-state index in [9.17, 15) is 14.9 Å². The number of nitrogens with zero attached hydrogens (tertiary/aromatic N) is 3. The highest BCUT2D eigenvalue weighted by Crippen LogP contribution is 2.34. The molecule has 150 valence electrons. The lowest BCUT2D eigenvalue weighted by Gasteiger charge is -2.10. The average Bonchev–Trinajstić information content (AvgIpc) is 3.21. The first kappa shape index (κ1) is 20.1. The van der Waals surface area contributed by atoms with Crippen molar-refractivity contribution in [1.82, 2.24) is 9.47 Å². The molecule has 2 aromatic carbocycles. The molecule has 1 fully saturated rings. The summed E-state index contributed by atoms with van der Waals surface area (Å²) in [5.74, 6) is -0.138. The summed E-state index contributed by atoms with van der Waals surface area (Å²) >= 11 is 6.58. The predicted octanol–water partition coefficient (Wildman–Crippen LogP) is 4.99. The number of fused-ring (bicyclic) bond motifs is 1. The maximum Gasteiger partial charge on any atom is 0.274 e. The van der Waals surface area contributed by atoms with E-state index in [0.717, 1.165) is 16.5 Å². The molecular weight excluding hydrogens is 418 g/mol. The van der Waals surface area contributed by atoms with Crippen molar-refractivity contribution in [3.8, 4) is 0 Å². The molecule has 0 radical (unpaired) electrons. The molecule has 1 amide bonds. The molecule has 2 heterocycles. The van der Waals surface area contributed by atoms with E-state index in [1.807, 2.05) is 41.1 Å². The Morgan fingerprint density at radius 3 is 2.67 bits per heavy atom. The molecule has 0 spiro atoms. The Hall–Kier alpha value is -3.23. The maximum absolute atomic E-state index is 12.7. The normalized spacial score (nSPS) is 15.3. The average molecular weight is 436 g/mol. The standard InChI is InChI=1S/C22H17N3O3S2/c1-2-11-24-21(26)20(30-22(24)29)12-16-14-23(19-10-6-4-8-17(16)19)13-15-7-3-5-9-18(15)25(27)28/h2-10,12,14H,1,11,13H2/b20-12-. The van der Waals surface area contributed by atoms with Crippen molar-refractivity contribution in [2.24, 2.45) is 0 Å². The number of carbonyl (C=O) groups excluding carboxylic acids is 1. The number of benzene rings is 2. The van der Waals surface area contributed by atoms with E-state index in [-0.39, 0.29) is 16.5 Å². The summed E-state index contributed by atoms with van der Waals surface area (Å²) in [4.78, 5) is 25.8. The molecule has 3 aromatic rings. The Bertz CT molecular complexity index is 1230. The van der Waals surface area contributed by atoms with Crippen LogP contribution in [0.4, 0.5) is 5.69 Å². The molecule has 1 aliphatic rings. The fraction of sp³-hybridized carbons (Fsp3) is 0.0909. The summed E-state index contributed by atoms with van der Waals surface area (Å²) in [6.45, 7) is 4.40. The van der Waals surface area contributed by atoms with Crippen LogP contribution in [0.5, 0.6) is 0 Å². The molecule has 1 aromatic heterocycles. The van der Waals surface area contributed by atoms with Crippen molar-refractivity contribution in [3.05, 3.63) is 93.5 Å². The van der Waals surface area contributed by atoms with Gasteiger partial charge in [-0.3, -0.25) is 19.8 Å². The van der Waals surface area contributed by atoms with E-state index in [1.165, 1.54) is 22.7 Å². The first-order valence-electron chi connectivity index (χ1n) is 9.16. The Kier molecular flexibility index (Phi) is 5.52. The number of amides is 1. The van der Waals surface area contributed by atoms with E-state index >= 15 is 0 Å². The van der Waals surface area contributed by atoms with Gasteiger partial charge in [-0.05, 0) is 12.1 Å². The van der Waals surface area contributed by atoms with Crippen LogP contribution in [0, 0.1) is 10.1 Å². The first-order valence-corrected chi connectivity index (χ1v) is 10.4. The number of hydrogen-bond acceptors (Lipinski definition) is 5. The van der Waals surface area contributed by atoms with Crippen molar-refractivity contribution in [2.75, 3.05) is 6.54 Å². The Morgan fingerprint density at radius 2 is 1.90 bits per heavy atom. The minimum absolute atomic E-state index is 0.0853. The van der Waals surface area contributed by atoms with Crippen LogP contribution >= 0.6 is 24.0 Å². The van der Waals surface area contributed by atoms with Crippen LogP contribution in [0.1, 0.15) is 11.1 Å². The minimum Gasteiger partial charge on any atom is -0.342 e. The number of rotatable bonds is 6. The molecule has 4 rings (SSSR count). The number of nitro benzene ring substituents is 1. The molecule has 30 heavy (non-hydrogen) atoms. The first-order chi connectivity index (χ1) is 14.5. The van der Waals surface area contributed by atoms with Gasteiger partial charge in [0.1, 0.15) is 4.32 Å². The summed E-state index contributed by atoms with van der Waals surface area (Å²) in [6.07, 6.45) is 5.40. The van der Waals surface area contributed by atoms with Crippen LogP contribution in [-0.4, -0.2) is 31.2 Å². The molecule has 0 aliphatic carbocycles. The topological polar surface area (TPSA) is 68.4 Å². The van der Waals surface area contributed by atoms with Gasteiger partial charge in [-0.15, -0.1) is 6.58 Å². The van der Waals surface area contributed by atoms with Crippen molar-refractivity contribution in [1.29, 1.82) is 0 Å². The summed E-state index contributed by atoms with van der Waals surface area (Å²) < 4.78 is 2.48. The van der Waals surface area contributed by atoms with Gasteiger partial charge in [0.25, 0.3) is 11.6 Å². The van der Waals surface area contributed by atoms with Crippen LogP contribution in [0.15, 0.2) is 72.3 Å². The zero-order valence-electron chi connectivity index (χ0n) is 15.9. The highest BCUT2D eigenvalue weighted by Gasteiger charge is 2.31. The number of aromatic nitrogens is 1. The van der Waals surface area contributed by atoms with Gasteiger partial charge in [-0.2, -0.15) is 0 Å².